The molecule has 6 atom stereocenters. The average Bonchev–Trinajstić information content (AvgIpc) is 2.29. The van der Waals surface area contributed by atoms with E-state index in [4.69, 9.17) is 14.6 Å². The molecule has 0 saturated carbocycles. The van der Waals surface area contributed by atoms with Crippen LogP contribution in [0.25, 0.3) is 0 Å². The van der Waals surface area contributed by atoms with E-state index in [1.54, 1.807) is 6.92 Å². The molecule has 7 nitrogen and oxygen atoms in total. The summed E-state index contributed by atoms with van der Waals surface area (Å²) in [4.78, 5) is 10.9. The molecule has 7 heteroatoms. The lowest BCUT2D eigenvalue weighted by atomic mass is 9.99. The molecule has 1 heterocycles. The standard InChI is InChI=1S/C11H20O7/c1-5(13)3-6(2)17-11-10(16)9(15)8(14)7(4-12)18-11/h6-12,14-16H,3-4H2,1-2H3. The quantitative estimate of drug-likeness (QED) is 0.461. The van der Waals surface area contributed by atoms with Gasteiger partial charge >= 0.3 is 0 Å². The number of hydrogen-bond acceptors (Lipinski definition) is 7. The van der Waals surface area contributed by atoms with E-state index in [0.29, 0.717) is 0 Å². The van der Waals surface area contributed by atoms with Crippen molar-refractivity contribution in [3.63, 3.8) is 0 Å². The van der Waals surface area contributed by atoms with Gasteiger partial charge in [0, 0.05) is 6.42 Å². The molecular weight excluding hydrogens is 244 g/mol. The van der Waals surface area contributed by atoms with Crippen LogP contribution in [0.4, 0.5) is 0 Å². The lowest BCUT2D eigenvalue weighted by molar-refractivity contribution is -0.309. The topological polar surface area (TPSA) is 116 Å². The average molecular weight is 264 g/mol. The monoisotopic (exact) mass is 264 g/mol. The number of aliphatic hydroxyl groups is 4. The number of carbonyl (C=O) groups is 1. The number of carbonyl (C=O) groups excluding carboxylic acids is 1. The van der Waals surface area contributed by atoms with Gasteiger partial charge in [-0.2, -0.15) is 0 Å². The first-order valence-electron chi connectivity index (χ1n) is 5.82. The minimum atomic E-state index is -1.47. The molecule has 0 spiro atoms. The highest BCUT2D eigenvalue weighted by Gasteiger charge is 2.44. The van der Waals surface area contributed by atoms with Crippen LogP contribution in [0.1, 0.15) is 20.3 Å². The van der Waals surface area contributed by atoms with E-state index < -0.39 is 43.4 Å². The van der Waals surface area contributed by atoms with Crippen molar-refractivity contribution in [1.29, 1.82) is 0 Å². The van der Waals surface area contributed by atoms with Crippen LogP contribution < -0.4 is 0 Å². The van der Waals surface area contributed by atoms with Crippen LogP contribution >= 0.6 is 0 Å². The zero-order valence-electron chi connectivity index (χ0n) is 10.4. The molecule has 0 radical (unpaired) electrons. The number of ether oxygens (including phenoxy) is 2. The molecule has 106 valence electrons. The van der Waals surface area contributed by atoms with Crippen molar-refractivity contribution in [3.05, 3.63) is 0 Å². The van der Waals surface area contributed by atoms with Crippen LogP contribution in [0.15, 0.2) is 0 Å². The first-order chi connectivity index (χ1) is 8.36. The fourth-order valence-corrected chi connectivity index (χ4v) is 1.86. The Labute approximate surface area is 105 Å². The number of Topliss-reactive ketones (excluding diaryl/α,β-unsaturated/α-hetero) is 1. The summed E-state index contributed by atoms with van der Waals surface area (Å²) >= 11 is 0. The van der Waals surface area contributed by atoms with Crippen LogP contribution in [0.5, 0.6) is 0 Å². The largest absolute Gasteiger partial charge is 0.394 e. The van der Waals surface area contributed by atoms with Gasteiger partial charge in [-0.15, -0.1) is 0 Å². The molecule has 0 aromatic heterocycles. The maximum Gasteiger partial charge on any atom is 0.186 e. The SMILES string of the molecule is CC(=O)CC(C)OC1OC(CO)C(O)C(O)C1O. The Morgan fingerprint density at radius 2 is 1.89 bits per heavy atom. The van der Waals surface area contributed by atoms with Gasteiger partial charge in [-0.3, -0.25) is 4.79 Å². The summed E-state index contributed by atoms with van der Waals surface area (Å²) in [7, 11) is 0. The third kappa shape index (κ3) is 3.71. The molecular formula is C11H20O7. The predicted molar refractivity (Wildman–Crippen MR) is 59.6 cm³/mol. The van der Waals surface area contributed by atoms with Crippen molar-refractivity contribution in [1.82, 2.24) is 0 Å². The Kier molecular flexibility index (Phi) is 5.64. The van der Waals surface area contributed by atoms with Gasteiger partial charge in [0.25, 0.3) is 0 Å². The Balaban J connectivity index is 2.61. The van der Waals surface area contributed by atoms with Crippen molar-refractivity contribution >= 4 is 5.78 Å². The molecule has 1 saturated heterocycles. The molecule has 1 fully saturated rings. The normalized spacial score (nSPS) is 38.4. The summed E-state index contributed by atoms with van der Waals surface area (Å²) in [6.45, 7) is 2.53. The van der Waals surface area contributed by atoms with Gasteiger partial charge in [0.2, 0.25) is 0 Å². The molecule has 4 N–H and O–H groups in total. The molecule has 6 unspecified atom stereocenters. The van der Waals surface area contributed by atoms with E-state index >= 15 is 0 Å². The second-order valence-electron chi connectivity index (χ2n) is 4.55. The second kappa shape index (κ2) is 6.55. The highest BCUT2D eigenvalue weighted by Crippen LogP contribution is 2.23. The van der Waals surface area contributed by atoms with E-state index in [1.807, 2.05) is 0 Å². The van der Waals surface area contributed by atoms with Crippen molar-refractivity contribution in [2.24, 2.45) is 0 Å². The van der Waals surface area contributed by atoms with E-state index in [2.05, 4.69) is 0 Å². The van der Waals surface area contributed by atoms with Gasteiger partial charge in [0.1, 0.15) is 30.2 Å². The third-order valence-corrected chi connectivity index (χ3v) is 2.79. The van der Waals surface area contributed by atoms with Crippen LogP contribution in [0.3, 0.4) is 0 Å². The summed E-state index contributed by atoms with van der Waals surface area (Å²) in [6.07, 6.45) is -6.85. The van der Waals surface area contributed by atoms with Crippen molar-refractivity contribution in [3.8, 4) is 0 Å². The molecule has 1 aliphatic rings. The molecule has 0 bridgehead atoms. The lowest BCUT2D eigenvalue weighted by Gasteiger charge is -2.40. The van der Waals surface area contributed by atoms with Gasteiger partial charge < -0.3 is 29.9 Å². The van der Waals surface area contributed by atoms with E-state index in [0.717, 1.165) is 0 Å². The molecule has 1 aliphatic heterocycles. The van der Waals surface area contributed by atoms with Crippen LogP contribution in [-0.2, 0) is 14.3 Å². The van der Waals surface area contributed by atoms with Gasteiger partial charge in [-0.25, -0.2) is 0 Å². The van der Waals surface area contributed by atoms with Crippen LogP contribution in [-0.4, -0.2) is 69.6 Å². The minimum absolute atomic E-state index is 0.0768. The maximum atomic E-state index is 10.9. The van der Waals surface area contributed by atoms with Crippen LogP contribution in [0.2, 0.25) is 0 Å². The van der Waals surface area contributed by atoms with Crippen molar-refractivity contribution < 1.29 is 34.7 Å². The summed E-state index contributed by atoms with van der Waals surface area (Å²) in [5.41, 5.74) is 0. The molecule has 0 amide bonds. The first-order valence-corrected chi connectivity index (χ1v) is 5.82. The fraction of sp³-hybridized carbons (Fsp3) is 0.909. The number of hydrogen-bond donors (Lipinski definition) is 4. The van der Waals surface area contributed by atoms with Crippen LogP contribution in [0, 0.1) is 0 Å². The number of ketones is 1. The Hall–Kier alpha value is -0.570. The summed E-state index contributed by atoms with van der Waals surface area (Å²) in [5.74, 6) is -0.0768. The molecule has 0 aromatic carbocycles. The predicted octanol–water partition coefficient (Wildman–Crippen LogP) is -1.83. The summed E-state index contributed by atoms with van der Waals surface area (Å²) in [5, 5.41) is 37.7. The zero-order chi connectivity index (χ0) is 13.9. The van der Waals surface area contributed by atoms with Gasteiger partial charge in [0.15, 0.2) is 6.29 Å². The van der Waals surface area contributed by atoms with Crippen molar-refractivity contribution in [2.75, 3.05) is 6.61 Å². The summed E-state index contributed by atoms with van der Waals surface area (Å²) < 4.78 is 10.4. The van der Waals surface area contributed by atoms with Gasteiger partial charge in [-0.1, -0.05) is 0 Å². The molecule has 18 heavy (non-hydrogen) atoms. The highest BCUT2D eigenvalue weighted by molar-refractivity contribution is 5.75. The third-order valence-electron chi connectivity index (χ3n) is 2.79. The van der Waals surface area contributed by atoms with Gasteiger partial charge in [0.05, 0.1) is 12.7 Å². The molecule has 1 rings (SSSR count). The maximum absolute atomic E-state index is 10.9. The fourth-order valence-electron chi connectivity index (χ4n) is 1.86. The minimum Gasteiger partial charge on any atom is -0.394 e. The second-order valence-corrected chi connectivity index (χ2v) is 4.55. The summed E-state index contributed by atoms with van der Waals surface area (Å²) in [6, 6.07) is 0. The molecule has 0 aromatic rings. The van der Waals surface area contributed by atoms with E-state index in [1.165, 1.54) is 6.92 Å². The highest BCUT2D eigenvalue weighted by atomic mass is 16.7. The molecule has 0 aliphatic carbocycles. The van der Waals surface area contributed by atoms with Crippen molar-refractivity contribution in [2.45, 2.75) is 57.1 Å². The van der Waals surface area contributed by atoms with E-state index in [-0.39, 0.29) is 12.2 Å². The zero-order valence-corrected chi connectivity index (χ0v) is 10.4. The smallest absolute Gasteiger partial charge is 0.186 e. The Bertz CT molecular complexity index is 281. The number of rotatable bonds is 5. The lowest BCUT2D eigenvalue weighted by Crippen LogP contribution is -2.59. The van der Waals surface area contributed by atoms with Gasteiger partial charge in [-0.05, 0) is 13.8 Å². The van der Waals surface area contributed by atoms with E-state index in [9.17, 15) is 20.1 Å². The Morgan fingerprint density at radius 1 is 1.28 bits per heavy atom. The number of aliphatic hydroxyl groups excluding tert-OH is 4. The first kappa shape index (κ1) is 15.5. The Morgan fingerprint density at radius 3 is 2.39 bits per heavy atom.